The fraction of sp³-hybridized carbons (Fsp3) is 0.750. The number of rotatable bonds is 7. The third-order valence-electron chi connectivity index (χ3n) is 2.89. The number of nitrogens with two attached hydrogens (primary N) is 1. The average molecular weight is 225 g/mol. The molecule has 4 nitrogen and oxygen atoms in total. The summed E-state index contributed by atoms with van der Waals surface area (Å²) >= 11 is 0. The molecule has 0 aromatic carbocycles. The van der Waals surface area contributed by atoms with Gasteiger partial charge >= 0.3 is 0 Å². The number of hydrogen-bond donors (Lipinski definition) is 1. The second-order valence-corrected chi connectivity index (χ2v) is 4.11. The van der Waals surface area contributed by atoms with Crippen molar-refractivity contribution < 1.29 is 4.74 Å². The van der Waals surface area contributed by atoms with Crippen LogP contribution in [0.2, 0.25) is 0 Å². The van der Waals surface area contributed by atoms with Crippen LogP contribution >= 0.6 is 0 Å². The molecule has 0 bridgehead atoms. The summed E-state index contributed by atoms with van der Waals surface area (Å²) in [6, 6.07) is 0. The van der Waals surface area contributed by atoms with Crippen LogP contribution in [-0.4, -0.2) is 30.0 Å². The Kier molecular flexibility index (Phi) is 5.49. The molecule has 0 atom stereocenters. The van der Waals surface area contributed by atoms with Crippen molar-refractivity contribution in [3.8, 4) is 0 Å². The Morgan fingerprint density at radius 2 is 2.06 bits per heavy atom. The molecule has 1 heterocycles. The minimum absolute atomic E-state index is 0.692. The lowest BCUT2D eigenvalue weighted by Crippen LogP contribution is -2.06. The van der Waals surface area contributed by atoms with Gasteiger partial charge in [0.15, 0.2) is 0 Å². The van der Waals surface area contributed by atoms with Gasteiger partial charge in [0.25, 0.3) is 0 Å². The summed E-state index contributed by atoms with van der Waals surface area (Å²) < 4.78 is 7.12. The SMILES string of the molecule is COCCCCn1nc(C)c(CCN)c1C. The standard InChI is InChI=1S/C12H23N3O/c1-10-12(6-7-13)11(2)15(14-10)8-4-5-9-16-3/h4-9,13H2,1-3H3. The van der Waals surface area contributed by atoms with Crippen molar-refractivity contribution in [1.82, 2.24) is 9.78 Å². The summed E-state index contributed by atoms with van der Waals surface area (Å²) in [5.74, 6) is 0. The van der Waals surface area contributed by atoms with Gasteiger partial charge in [-0.1, -0.05) is 0 Å². The van der Waals surface area contributed by atoms with Crippen LogP contribution in [0.3, 0.4) is 0 Å². The molecule has 0 unspecified atom stereocenters. The normalized spacial score (nSPS) is 11.0. The van der Waals surface area contributed by atoms with Gasteiger partial charge in [0.1, 0.15) is 0 Å². The molecule has 0 saturated carbocycles. The van der Waals surface area contributed by atoms with Crippen LogP contribution in [0.5, 0.6) is 0 Å². The van der Waals surface area contributed by atoms with Crippen LogP contribution < -0.4 is 5.73 Å². The lowest BCUT2D eigenvalue weighted by atomic mass is 10.1. The van der Waals surface area contributed by atoms with Crippen molar-refractivity contribution in [3.63, 3.8) is 0 Å². The van der Waals surface area contributed by atoms with Gasteiger partial charge in [-0.2, -0.15) is 5.10 Å². The quantitative estimate of drug-likeness (QED) is 0.714. The topological polar surface area (TPSA) is 53.1 Å². The summed E-state index contributed by atoms with van der Waals surface area (Å²) in [4.78, 5) is 0. The maximum absolute atomic E-state index is 5.59. The Hall–Kier alpha value is -0.870. The van der Waals surface area contributed by atoms with Crippen LogP contribution in [-0.2, 0) is 17.7 Å². The van der Waals surface area contributed by atoms with E-state index in [1.165, 1.54) is 11.3 Å². The van der Waals surface area contributed by atoms with E-state index in [-0.39, 0.29) is 0 Å². The molecule has 0 fully saturated rings. The number of unbranched alkanes of at least 4 members (excludes halogenated alkanes) is 1. The summed E-state index contributed by atoms with van der Waals surface area (Å²) in [6.07, 6.45) is 3.12. The van der Waals surface area contributed by atoms with Gasteiger partial charge in [-0.05, 0) is 45.2 Å². The molecule has 16 heavy (non-hydrogen) atoms. The van der Waals surface area contributed by atoms with Crippen molar-refractivity contribution in [2.75, 3.05) is 20.3 Å². The van der Waals surface area contributed by atoms with Crippen molar-refractivity contribution in [3.05, 3.63) is 17.0 Å². The van der Waals surface area contributed by atoms with Gasteiger partial charge in [-0.25, -0.2) is 0 Å². The van der Waals surface area contributed by atoms with Gasteiger partial charge in [-0.3, -0.25) is 4.68 Å². The minimum atomic E-state index is 0.692. The first-order chi connectivity index (χ1) is 7.70. The van der Waals surface area contributed by atoms with Gasteiger partial charge in [0.2, 0.25) is 0 Å². The number of nitrogens with zero attached hydrogens (tertiary/aromatic N) is 2. The van der Waals surface area contributed by atoms with E-state index in [9.17, 15) is 0 Å². The largest absolute Gasteiger partial charge is 0.385 e. The van der Waals surface area contributed by atoms with Gasteiger partial charge in [-0.15, -0.1) is 0 Å². The van der Waals surface area contributed by atoms with Crippen molar-refractivity contribution in [2.45, 2.75) is 39.7 Å². The van der Waals surface area contributed by atoms with E-state index >= 15 is 0 Å². The minimum Gasteiger partial charge on any atom is -0.385 e. The Morgan fingerprint density at radius 1 is 1.31 bits per heavy atom. The van der Waals surface area contributed by atoms with E-state index in [0.717, 1.165) is 38.1 Å². The van der Waals surface area contributed by atoms with Gasteiger partial charge in [0.05, 0.1) is 5.69 Å². The molecule has 0 aliphatic heterocycles. The van der Waals surface area contributed by atoms with E-state index in [1.807, 2.05) is 0 Å². The van der Waals surface area contributed by atoms with E-state index in [4.69, 9.17) is 10.5 Å². The Morgan fingerprint density at radius 3 is 2.69 bits per heavy atom. The van der Waals surface area contributed by atoms with Crippen LogP contribution in [0.1, 0.15) is 29.8 Å². The van der Waals surface area contributed by atoms with E-state index in [0.29, 0.717) is 6.54 Å². The maximum atomic E-state index is 5.59. The first kappa shape index (κ1) is 13.2. The number of methoxy groups -OCH3 is 1. The van der Waals surface area contributed by atoms with Crippen LogP contribution in [0.4, 0.5) is 0 Å². The highest BCUT2D eigenvalue weighted by molar-refractivity contribution is 5.24. The Balaban J connectivity index is 2.56. The van der Waals surface area contributed by atoms with Crippen LogP contribution in [0, 0.1) is 13.8 Å². The molecule has 0 amide bonds. The monoisotopic (exact) mass is 225 g/mol. The molecule has 0 aliphatic rings. The third kappa shape index (κ3) is 3.32. The highest BCUT2D eigenvalue weighted by atomic mass is 16.5. The van der Waals surface area contributed by atoms with Gasteiger partial charge in [0, 0.05) is 26.0 Å². The third-order valence-corrected chi connectivity index (χ3v) is 2.89. The first-order valence-corrected chi connectivity index (χ1v) is 5.92. The highest BCUT2D eigenvalue weighted by Gasteiger charge is 2.09. The molecule has 1 aromatic heterocycles. The molecule has 1 aromatic rings. The number of aryl methyl sites for hydroxylation is 2. The lowest BCUT2D eigenvalue weighted by molar-refractivity contribution is 0.191. The zero-order valence-electron chi connectivity index (χ0n) is 10.6. The van der Waals surface area contributed by atoms with E-state index in [2.05, 4.69) is 23.6 Å². The van der Waals surface area contributed by atoms with E-state index in [1.54, 1.807) is 7.11 Å². The molecule has 0 radical (unpaired) electrons. The summed E-state index contributed by atoms with van der Waals surface area (Å²) in [5.41, 5.74) is 9.29. The van der Waals surface area contributed by atoms with Crippen LogP contribution in [0.25, 0.3) is 0 Å². The Labute approximate surface area is 97.8 Å². The van der Waals surface area contributed by atoms with Crippen molar-refractivity contribution >= 4 is 0 Å². The smallest absolute Gasteiger partial charge is 0.0628 e. The molecular formula is C12H23N3O. The highest BCUT2D eigenvalue weighted by Crippen LogP contribution is 2.13. The number of aromatic nitrogens is 2. The Bertz CT molecular complexity index is 320. The predicted molar refractivity (Wildman–Crippen MR) is 65.6 cm³/mol. The molecular weight excluding hydrogens is 202 g/mol. The molecule has 0 spiro atoms. The first-order valence-electron chi connectivity index (χ1n) is 5.92. The summed E-state index contributed by atoms with van der Waals surface area (Å²) in [7, 11) is 1.74. The zero-order chi connectivity index (χ0) is 12.0. The number of ether oxygens (including phenoxy) is 1. The molecule has 92 valence electrons. The zero-order valence-corrected chi connectivity index (χ0v) is 10.6. The van der Waals surface area contributed by atoms with Crippen molar-refractivity contribution in [1.29, 1.82) is 0 Å². The fourth-order valence-electron chi connectivity index (χ4n) is 1.97. The van der Waals surface area contributed by atoms with Gasteiger partial charge < -0.3 is 10.5 Å². The molecule has 0 aliphatic carbocycles. The molecule has 0 saturated heterocycles. The summed E-state index contributed by atoms with van der Waals surface area (Å²) in [6.45, 7) is 6.68. The predicted octanol–water partition coefficient (Wildman–Crippen LogP) is 1.43. The molecule has 2 N–H and O–H groups in total. The molecule has 4 heteroatoms. The number of hydrogen-bond acceptors (Lipinski definition) is 3. The summed E-state index contributed by atoms with van der Waals surface area (Å²) in [5, 5.41) is 4.55. The average Bonchev–Trinajstić information content (AvgIpc) is 2.53. The fourth-order valence-corrected chi connectivity index (χ4v) is 1.97. The van der Waals surface area contributed by atoms with E-state index < -0.39 is 0 Å². The lowest BCUT2D eigenvalue weighted by Gasteiger charge is -2.05. The van der Waals surface area contributed by atoms with Crippen molar-refractivity contribution in [2.24, 2.45) is 5.73 Å². The maximum Gasteiger partial charge on any atom is 0.0628 e. The second-order valence-electron chi connectivity index (χ2n) is 4.11. The molecule has 1 rings (SSSR count). The van der Waals surface area contributed by atoms with Crippen LogP contribution in [0.15, 0.2) is 0 Å². The second kappa shape index (κ2) is 6.66.